The van der Waals surface area contributed by atoms with Gasteiger partial charge in [-0.25, -0.2) is 9.50 Å². The minimum absolute atomic E-state index is 0.281. The van der Waals surface area contributed by atoms with Gasteiger partial charge in [0.05, 0.1) is 23.7 Å². The fourth-order valence-electron chi connectivity index (χ4n) is 4.56. The number of aliphatic hydroxyl groups excluding tert-OH is 1. The van der Waals surface area contributed by atoms with Crippen LogP contribution in [0.5, 0.6) is 0 Å². The first-order valence-electron chi connectivity index (χ1n) is 12.1. The van der Waals surface area contributed by atoms with Crippen LogP contribution >= 0.6 is 11.6 Å². The zero-order valence-electron chi connectivity index (χ0n) is 20.1. The molecular formula is C27H29ClN6O2. The zero-order valence-corrected chi connectivity index (χ0v) is 20.8. The molecule has 2 aromatic heterocycles. The molecule has 186 valence electrons. The first-order chi connectivity index (χ1) is 17.5. The summed E-state index contributed by atoms with van der Waals surface area (Å²) in [5.41, 5.74) is 4.33. The molecule has 3 heterocycles. The van der Waals surface area contributed by atoms with Gasteiger partial charge in [-0.3, -0.25) is 4.79 Å². The zero-order chi connectivity index (χ0) is 25.1. The Morgan fingerprint density at radius 3 is 2.75 bits per heavy atom. The number of nitrogens with one attached hydrogen (secondary N) is 2. The predicted molar refractivity (Wildman–Crippen MR) is 143 cm³/mol. The van der Waals surface area contributed by atoms with Gasteiger partial charge in [-0.05, 0) is 55.7 Å². The van der Waals surface area contributed by atoms with Crippen LogP contribution in [0.15, 0.2) is 67.0 Å². The number of aromatic nitrogens is 3. The van der Waals surface area contributed by atoms with Crippen molar-refractivity contribution in [2.75, 3.05) is 29.9 Å². The van der Waals surface area contributed by atoms with Gasteiger partial charge in [0.2, 0.25) is 0 Å². The minimum Gasteiger partial charge on any atom is -0.392 e. The molecule has 1 fully saturated rings. The maximum Gasteiger partial charge on any atom is 0.274 e. The molecule has 1 aliphatic heterocycles. The normalized spacial score (nSPS) is 15.2. The summed E-state index contributed by atoms with van der Waals surface area (Å²) in [4.78, 5) is 20.2. The molecule has 1 saturated heterocycles. The Kier molecular flexibility index (Phi) is 7.18. The summed E-state index contributed by atoms with van der Waals surface area (Å²) >= 11 is 6.17. The number of para-hydroxylation sites is 2. The molecule has 0 spiro atoms. The summed E-state index contributed by atoms with van der Waals surface area (Å²) < 4.78 is 1.65. The number of piperidine rings is 1. The molecule has 36 heavy (non-hydrogen) atoms. The molecule has 1 atom stereocenters. The van der Waals surface area contributed by atoms with Gasteiger partial charge in [0.1, 0.15) is 5.69 Å². The van der Waals surface area contributed by atoms with E-state index < -0.39 is 0 Å². The van der Waals surface area contributed by atoms with Crippen LogP contribution < -0.4 is 15.5 Å². The Labute approximate surface area is 214 Å². The number of carbonyl (C=O) groups excluding carboxylic acids is 1. The molecule has 5 rings (SSSR count). The van der Waals surface area contributed by atoms with Crippen molar-refractivity contribution in [3.63, 3.8) is 0 Å². The molecule has 2 aromatic carbocycles. The van der Waals surface area contributed by atoms with Gasteiger partial charge in [0.15, 0.2) is 5.65 Å². The maximum atomic E-state index is 13.2. The van der Waals surface area contributed by atoms with E-state index in [4.69, 9.17) is 11.6 Å². The number of anilines is 2. The van der Waals surface area contributed by atoms with Gasteiger partial charge < -0.3 is 20.6 Å². The Morgan fingerprint density at radius 2 is 1.97 bits per heavy atom. The average molecular weight is 505 g/mol. The van der Waals surface area contributed by atoms with E-state index in [1.165, 1.54) is 0 Å². The van der Waals surface area contributed by atoms with E-state index in [0.717, 1.165) is 48.4 Å². The third-order valence-electron chi connectivity index (χ3n) is 6.43. The highest BCUT2D eigenvalue weighted by molar-refractivity contribution is 6.30. The van der Waals surface area contributed by atoms with Gasteiger partial charge >= 0.3 is 0 Å². The molecule has 0 aliphatic carbocycles. The van der Waals surface area contributed by atoms with E-state index in [-0.39, 0.29) is 12.0 Å². The number of rotatable bonds is 7. The standard InChI is InChI=1S/C27H29ClN6O2/c1-18(35)16-29-21-9-12-33(13-10-21)25-8-3-2-7-23(25)32-27(36)24-11-14-34-26(31-24)22(17-30-34)19-5-4-6-20(28)15-19/h2-8,11,14-15,17-18,21,29,35H,9-10,12-13,16H2,1H3,(H,32,36)/t18-/m0/s1. The van der Waals surface area contributed by atoms with Crippen molar-refractivity contribution in [3.8, 4) is 11.1 Å². The van der Waals surface area contributed by atoms with Crippen LogP contribution in [0, 0.1) is 0 Å². The van der Waals surface area contributed by atoms with Crippen molar-refractivity contribution in [2.24, 2.45) is 0 Å². The molecular weight excluding hydrogens is 476 g/mol. The van der Waals surface area contributed by atoms with Crippen LogP contribution in [0.4, 0.5) is 11.4 Å². The second kappa shape index (κ2) is 10.7. The first kappa shape index (κ1) is 24.2. The third-order valence-corrected chi connectivity index (χ3v) is 6.66. The predicted octanol–water partition coefficient (Wildman–Crippen LogP) is 4.24. The highest BCUT2D eigenvalue weighted by atomic mass is 35.5. The monoisotopic (exact) mass is 504 g/mol. The lowest BCUT2D eigenvalue weighted by Gasteiger charge is -2.35. The van der Waals surface area contributed by atoms with E-state index in [1.807, 2.05) is 48.5 Å². The van der Waals surface area contributed by atoms with Crippen molar-refractivity contribution >= 4 is 34.5 Å². The number of amides is 1. The van der Waals surface area contributed by atoms with Crippen molar-refractivity contribution in [1.29, 1.82) is 0 Å². The number of hydrogen-bond donors (Lipinski definition) is 3. The van der Waals surface area contributed by atoms with Crippen LogP contribution in [0.2, 0.25) is 5.02 Å². The summed E-state index contributed by atoms with van der Waals surface area (Å²) in [6, 6.07) is 17.4. The van der Waals surface area contributed by atoms with Crippen LogP contribution in [0.3, 0.4) is 0 Å². The summed E-state index contributed by atoms with van der Waals surface area (Å²) in [6.07, 6.45) is 5.06. The maximum absolute atomic E-state index is 13.2. The van der Waals surface area contributed by atoms with Crippen LogP contribution in [-0.2, 0) is 0 Å². The Bertz CT molecular complexity index is 1360. The molecule has 9 heteroatoms. The number of fused-ring (bicyclic) bond motifs is 1. The average Bonchev–Trinajstić information content (AvgIpc) is 3.31. The van der Waals surface area contributed by atoms with E-state index in [9.17, 15) is 9.90 Å². The Balaban J connectivity index is 1.33. The number of carbonyl (C=O) groups is 1. The summed E-state index contributed by atoms with van der Waals surface area (Å²) in [7, 11) is 0. The van der Waals surface area contributed by atoms with Crippen LogP contribution in [0.25, 0.3) is 16.8 Å². The molecule has 0 bridgehead atoms. The molecule has 1 aliphatic rings. The topological polar surface area (TPSA) is 94.8 Å². The van der Waals surface area contributed by atoms with Gasteiger partial charge in [-0.1, -0.05) is 35.9 Å². The molecule has 0 radical (unpaired) electrons. The number of aliphatic hydroxyl groups is 1. The quantitative estimate of drug-likeness (QED) is 0.348. The SMILES string of the molecule is C[C@H](O)CNC1CCN(c2ccccc2NC(=O)c2ccn3ncc(-c4cccc(Cl)c4)c3n2)CC1. The van der Waals surface area contributed by atoms with Gasteiger partial charge in [-0.2, -0.15) is 5.10 Å². The molecule has 3 N–H and O–H groups in total. The lowest BCUT2D eigenvalue weighted by Crippen LogP contribution is -2.44. The molecule has 1 amide bonds. The van der Waals surface area contributed by atoms with Gasteiger partial charge in [-0.15, -0.1) is 0 Å². The number of halogens is 1. The number of benzene rings is 2. The summed E-state index contributed by atoms with van der Waals surface area (Å²) in [5, 5.41) is 21.0. The molecule has 4 aromatic rings. The smallest absolute Gasteiger partial charge is 0.274 e. The lowest BCUT2D eigenvalue weighted by molar-refractivity contribution is 0.102. The van der Waals surface area contributed by atoms with Crippen molar-refractivity contribution < 1.29 is 9.90 Å². The van der Waals surface area contributed by atoms with Gasteiger partial charge in [0, 0.05) is 42.5 Å². The van der Waals surface area contributed by atoms with E-state index >= 15 is 0 Å². The van der Waals surface area contributed by atoms with Crippen LogP contribution in [-0.4, -0.2) is 57.4 Å². The molecule has 0 unspecified atom stereocenters. The van der Waals surface area contributed by atoms with Crippen LogP contribution in [0.1, 0.15) is 30.3 Å². The highest BCUT2D eigenvalue weighted by Gasteiger charge is 2.22. The second-order valence-corrected chi connectivity index (χ2v) is 9.58. The second-order valence-electron chi connectivity index (χ2n) is 9.14. The summed E-state index contributed by atoms with van der Waals surface area (Å²) in [5.74, 6) is -0.281. The van der Waals surface area contributed by atoms with E-state index in [1.54, 1.807) is 29.9 Å². The highest BCUT2D eigenvalue weighted by Crippen LogP contribution is 2.29. The van der Waals surface area contributed by atoms with Crippen molar-refractivity contribution in [2.45, 2.75) is 31.9 Å². The Hall–Kier alpha value is -3.46. The fraction of sp³-hybridized carbons (Fsp3) is 0.296. The van der Waals surface area contributed by atoms with E-state index in [0.29, 0.717) is 29.0 Å². The third kappa shape index (κ3) is 5.36. The van der Waals surface area contributed by atoms with E-state index in [2.05, 4.69) is 25.6 Å². The Morgan fingerprint density at radius 1 is 1.17 bits per heavy atom. The lowest BCUT2D eigenvalue weighted by atomic mass is 10.0. The molecule has 0 saturated carbocycles. The largest absolute Gasteiger partial charge is 0.392 e. The van der Waals surface area contributed by atoms with Crippen molar-refractivity contribution in [3.05, 3.63) is 77.7 Å². The fourth-order valence-corrected chi connectivity index (χ4v) is 4.75. The minimum atomic E-state index is -0.351. The number of hydrogen-bond acceptors (Lipinski definition) is 6. The number of nitrogens with zero attached hydrogens (tertiary/aromatic N) is 4. The summed E-state index contributed by atoms with van der Waals surface area (Å²) in [6.45, 7) is 4.13. The van der Waals surface area contributed by atoms with Gasteiger partial charge in [0.25, 0.3) is 5.91 Å². The van der Waals surface area contributed by atoms with Crippen molar-refractivity contribution in [1.82, 2.24) is 19.9 Å². The first-order valence-corrected chi connectivity index (χ1v) is 12.5. The molecule has 8 nitrogen and oxygen atoms in total.